The lowest BCUT2D eigenvalue weighted by Crippen LogP contribution is -2.34. The Labute approximate surface area is 102 Å². The zero-order valence-electron chi connectivity index (χ0n) is 9.88. The first-order valence-electron chi connectivity index (χ1n) is 5.17. The molecule has 96 valence electrons. The van der Waals surface area contributed by atoms with Crippen LogP contribution < -0.4 is 10.2 Å². The van der Waals surface area contributed by atoms with Gasteiger partial charge in [0.2, 0.25) is 0 Å². The number of carbonyl (C=O) groups is 1. The molecule has 0 unspecified atom stereocenters. The number of aromatic hydroxyl groups is 3. The van der Waals surface area contributed by atoms with E-state index in [0.29, 0.717) is 0 Å². The standard InChI is InChI=1S/C11H13N3O4/c1-12-11(18)13(2)6-5-14-4-3-7(15)8(14)10(17)9(6)16/h3-5,15-17H,1-2H3,(H,12,18). The van der Waals surface area contributed by atoms with Crippen LogP contribution in [-0.4, -0.2) is 39.8 Å². The number of hydrogen-bond donors (Lipinski definition) is 4. The van der Waals surface area contributed by atoms with Gasteiger partial charge in [0.25, 0.3) is 0 Å². The van der Waals surface area contributed by atoms with Gasteiger partial charge in [-0.3, -0.25) is 4.90 Å². The highest BCUT2D eigenvalue weighted by molar-refractivity contribution is 5.94. The maximum Gasteiger partial charge on any atom is 0.321 e. The molecule has 7 heteroatoms. The summed E-state index contributed by atoms with van der Waals surface area (Å²) in [6.45, 7) is 0. The Hall–Kier alpha value is -2.57. The third kappa shape index (κ3) is 1.56. The van der Waals surface area contributed by atoms with Crippen LogP contribution in [0.4, 0.5) is 10.5 Å². The first-order valence-corrected chi connectivity index (χ1v) is 5.17. The second kappa shape index (κ2) is 4.02. The summed E-state index contributed by atoms with van der Waals surface area (Å²) in [7, 11) is 2.90. The summed E-state index contributed by atoms with van der Waals surface area (Å²) >= 11 is 0. The number of nitrogens with one attached hydrogen (secondary N) is 1. The number of fused-ring (bicyclic) bond motifs is 1. The molecule has 0 saturated heterocycles. The van der Waals surface area contributed by atoms with Crippen molar-refractivity contribution < 1.29 is 20.1 Å². The molecule has 0 aliphatic heterocycles. The molecule has 0 fully saturated rings. The van der Waals surface area contributed by atoms with E-state index >= 15 is 0 Å². The SMILES string of the molecule is CNC(=O)N(C)c1cn2ccc(O)c2c(O)c1O. The predicted octanol–water partition coefficient (Wildman–Crippen LogP) is 0.832. The molecule has 2 rings (SSSR count). The Morgan fingerprint density at radius 2 is 2.00 bits per heavy atom. The maximum atomic E-state index is 11.5. The molecule has 7 nitrogen and oxygen atoms in total. The van der Waals surface area contributed by atoms with Crippen LogP contribution in [0.1, 0.15) is 0 Å². The summed E-state index contributed by atoms with van der Waals surface area (Å²) in [6.07, 6.45) is 2.93. The predicted molar refractivity (Wildman–Crippen MR) is 65.3 cm³/mol. The molecule has 2 aromatic rings. The summed E-state index contributed by atoms with van der Waals surface area (Å²) in [5.74, 6) is -1.11. The highest BCUT2D eigenvalue weighted by Crippen LogP contribution is 2.41. The van der Waals surface area contributed by atoms with Gasteiger partial charge in [0.1, 0.15) is 17.0 Å². The fourth-order valence-corrected chi connectivity index (χ4v) is 1.74. The molecule has 0 spiro atoms. The van der Waals surface area contributed by atoms with E-state index in [1.807, 2.05) is 0 Å². The van der Waals surface area contributed by atoms with E-state index in [2.05, 4.69) is 5.32 Å². The first kappa shape index (κ1) is 11.9. The Morgan fingerprint density at radius 3 is 2.61 bits per heavy atom. The van der Waals surface area contributed by atoms with Crippen LogP contribution in [0.15, 0.2) is 18.5 Å². The van der Waals surface area contributed by atoms with E-state index in [1.54, 1.807) is 0 Å². The average Bonchev–Trinajstić information content (AvgIpc) is 2.73. The van der Waals surface area contributed by atoms with Crippen LogP contribution in [0, 0.1) is 0 Å². The van der Waals surface area contributed by atoms with Crippen molar-refractivity contribution in [2.75, 3.05) is 19.0 Å². The molecule has 2 amide bonds. The number of carbonyl (C=O) groups excluding carboxylic acids is 1. The lowest BCUT2D eigenvalue weighted by atomic mass is 10.3. The van der Waals surface area contributed by atoms with Gasteiger partial charge < -0.3 is 25.0 Å². The van der Waals surface area contributed by atoms with Gasteiger partial charge in [-0.2, -0.15) is 0 Å². The van der Waals surface area contributed by atoms with Crippen LogP contribution in [0.5, 0.6) is 17.2 Å². The van der Waals surface area contributed by atoms with Gasteiger partial charge in [-0.1, -0.05) is 0 Å². The fraction of sp³-hybridized carbons (Fsp3) is 0.182. The highest BCUT2D eigenvalue weighted by Gasteiger charge is 2.20. The molecule has 0 radical (unpaired) electrons. The zero-order valence-corrected chi connectivity index (χ0v) is 9.88. The van der Waals surface area contributed by atoms with Crippen molar-refractivity contribution in [1.82, 2.24) is 9.72 Å². The third-order valence-corrected chi connectivity index (χ3v) is 2.73. The van der Waals surface area contributed by atoms with Crippen LogP contribution in [-0.2, 0) is 0 Å². The minimum absolute atomic E-state index is 0.0848. The van der Waals surface area contributed by atoms with E-state index in [-0.39, 0.29) is 17.0 Å². The molecule has 0 atom stereocenters. The van der Waals surface area contributed by atoms with E-state index in [9.17, 15) is 20.1 Å². The number of urea groups is 1. The first-order chi connectivity index (χ1) is 8.47. The second-order valence-corrected chi connectivity index (χ2v) is 3.78. The van der Waals surface area contributed by atoms with E-state index in [1.165, 1.54) is 37.0 Å². The smallest absolute Gasteiger partial charge is 0.321 e. The summed E-state index contributed by atoms with van der Waals surface area (Å²) in [4.78, 5) is 12.6. The van der Waals surface area contributed by atoms with Crippen molar-refractivity contribution in [1.29, 1.82) is 0 Å². The number of pyridine rings is 1. The van der Waals surface area contributed by atoms with Crippen LogP contribution in [0.25, 0.3) is 5.52 Å². The van der Waals surface area contributed by atoms with Gasteiger partial charge in [0, 0.05) is 26.5 Å². The largest absolute Gasteiger partial charge is 0.506 e. The monoisotopic (exact) mass is 251 g/mol. The Balaban J connectivity index is 2.66. The number of hydrogen-bond acceptors (Lipinski definition) is 4. The van der Waals surface area contributed by atoms with Crippen molar-refractivity contribution >= 4 is 17.2 Å². The summed E-state index contributed by atoms with van der Waals surface area (Å²) in [5, 5.41) is 31.6. The van der Waals surface area contributed by atoms with Crippen molar-refractivity contribution in [3.05, 3.63) is 18.5 Å². The van der Waals surface area contributed by atoms with E-state index in [4.69, 9.17) is 0 Å². The molecule has 2 aromatic heterocycles. The highest BCUT2D eigenvalue weighted by atomic mass is 16.3. The van der Waals surface area contributed by atoms with Crippen molar-refractivity contribution in [3.63, 3.8) is 0 Å². The van der Waals surface area contributed by atoms with Crippen molar-refractivity contribution in [2.45, 2.75) is 0 Å². The number of amides is 2. The van der Waals surface area contributed by atoms with Gasteiger partial charge in [-0.25, -0.2) is 4.79 Å². The van der Waals surface area contributed by atoms with Crippen molar-refractivity contribution in [3.8, 4) is 17.2 Å². The number of rotatable bonds is 1. The summed E-state index contributed by atoms with van der Waals surface area (Å²) in [5.41, 5.74) is 0.205. The zero-order chi connectivity index (χ0) is 13.4. The maximum absolute atomic E-state index is 11.5. The molecule has 4 N–H and O–H groups in total. The number of aromatic nitrogens is 1. The Kier molecular flexibility index (Phi) is 2.66. The van der Waals surface area contributed by atoms with Gasteiger partial charge in [-0.05, 0) is 6.07 Å². The van der Waals surface area contributed by atoms with Gasteiger partial charge in [-0.15, -0.1) is 0 Å². The molecule has 2 heterocycles. The fourth-order valence-electron chi connectivity index (χ4n) is 1.74. The normalized spacial score (nSPS) is 10.6. The number of nitrogens with zero attached hydrogens (tertiary/aromatic N) is 2. The Bertz CT molecular complexity index is 620. The van der Waals surface area contributed by atoms with Crippen LogP contribution >= 0.6 is 0 Å². The van der Waals surface area contributed by atoms with Gasteiger partial charge in [0.15, 0.2) is 11.5 Å². The average molecular weight is 251 g/mol. The molecule has 0 aliphatic carbocycles. The third-order valence-electron chi connectivity index (χ3n) is 2.73. The quantitative estimate of drug-likeness (QED) is 0.603. The Morgan fingerprint density at radius 1 is 1.33 bits per heavy atom. The molecule has 0 bridgehead atoms. The van der Waals surface area contributed by atoms with Crippen LogP contribution in [0.3, 0.4) is 0 Å². The lowest BCUT2D eigenvalue weighted by Gasteiger charge is -2.19. The lowest BCUT2D eigenvalue weighted by molar-refractivity contribution is 0.249. The minimum Gasteiger partial charge on any atom is -0.506 e. The van der Waals surface area contributed by atoms with Gasteiger partial charge in [0.05, 0.1) is 0 Å². The van der Waals surface area contributed by atoms with Gasteiger partial charge >= 0.3 is 6.03 Å². The van der Waals surface area contributed by atoms with Crippen LogP contribution in [0.2, 0.25) is 0 Å². The molecule has 0 aliphatic rings. The molecular formula is C11H13N3O4. The van der Waals surface area contributed by atoms with Crippen molar-refractivity contribution in [2.24, 2.45) is 0 Å². The van der Waals surface area contributed by atoms with E-state index < -0.39 is 17.5 Å². The van der Waals surface area contributed by atoms with E-state index in [0.717, 1.165) is 4.90 Å². The number of anilines is 1. The molecular weight excluding hydrogens is 238 g/mol. The molecule has 0 saturated carbocycles. The second-order valence-electron chi connectivity index (χ2n) is 3.78. The summed E-state index contributed by atoms with van der Waals surface area (Å²) < 4.78 is 1.42. The summed E-state index contributed by atoms with van der Waals surface area (Å²) in [6, 6.07) is 0.929. The topological polar surface area (TPSA) is 97.4 Å². The molecule has 18 heavy (non-hydrogen) atoms. The minimum atomic E-state index is -0.481. The molecule has 0 aromatic carbocycles.